The van der Waals surface area contributed by atoms with Crippen LogP contribution in [0.5, 0.6) is 0 Å². The van der Waals surface area contributed by atoms with Gasteiger partial charge in [-0.25, -0.2) is 9.97 Å². The summed E-state index contributed by atoms with van der Waals surface area (Å²) in [4.78, 5) is 23.4. The van der Waals surface area contributed by atoms with Gasteiger partial charge >= 0.3 is 0 Å². The van der Waals surface area contributed by atoms with Gasteiger partial charge in [0.1, 0.15) is 12.0 Å². The van der Waals surface area contributed by atoms with Crippen molar-refractivity contribution in [3.8, 4) is 0 Å². The minimum atomic E-state index is -0.398. The Morgan fingerprint density at radius 1 is 1.18 bits per heavy atom. The van der Waals surface area contributed by atoms with Gasteiger partial charge in [0.25, 0.3) is 5.69 Å². The molecule has 8 nitrogen and oxygen atoms in total. The fourth-order valence-electron chi connectivity index (χ4n) is 2.70. The van der Waals surface area contributed by atoms with Gasteiger partial charge in [0, 0.05) is 51.2 Å². The Morgan fingerprint density at radius 3 is 2.41 bits per heavy atom. The first-order chi connectivity index (χ1) is 10.6. The molecule has 1 aliphatic rings. The summed E-state index contributed by atoms with van der Waals surface area (Å²) in [6.07, 6.45) is 5.07. The molecule has 1 saturated heterocycles. The molecule has 116 valence electrons. The van der Waals surface area contributed by atoms with Gasteiger partial charge in [0.15, 0.2) is 0 Å². The first-order valence-corrected chi connectivity index (χ1v) is 7.14. The molecule has 2 aromatic heterocycles. The number of nitrogens with zero attached hydrogens (tertiary/aromatic N) is 6. The number of aryl methyl sites for hydroxylation is 2. The largest absolute Gasteiger partial charge is 0.353 e. The lowest BCUT2D eigenvalue weighted by Crippen LogP contribution is -2.47. The Labute approximate surface area is 128 Å². The van der Waals surface area contributed by atoms with Crippen LogP contribution in [0, 0.1) is 17.0 Å². The number of aromatic nitrogens is 3. The number of imidazole rings is 1. The van der Waals surface area contributed by atoms with Gasteiger partial charge in [-0.3, -0.25) is 10.1 Å². The molecule has 3 heterocycles. The van der Waals surface area contributed by atoms with Gasteiger partial charge in [-0.2, -0.15) is 0 Å². The van der Waals surface area contributed by atoms with Crippen LogP contribution in [-0.2, 0) is 7.05 Å². The second-order valence-corrected chi connectivity index (χ2v) is 5.40. The molecule has 0 unspecified atom stereocenters. The van der Waals surface area contributed by atoms with Crippen LogP contribution in [0.15, 0.2) is 24.7 Å². The van der Waals surface area contributed by atoms with Gasteiger partial charge in [-0.05, 0) is 13.0 Å². The molecular weight excluding hydrogens is 284 g/mol. The average molecular weight is 302 g/mol. The quantitative estimate of drug-likeness (QED) is 0.629. The maximum Gasteiger partial charge on any atom is 0.290 e. The SMILES string of the molecule is Cc1cc(N2CCN(c3nccn3C)CC2)ncc1[N+](=O)[O-]. The van der Waals surface area contributed by atoms with Gasteiger partial charge in [-0.1, -0.05) is 0 Å². The summed E-state index contributed by atoms with van der Waals surface area (Å²) in [7, 11) is 1.98. The van der Waals surface area contributed by atoms with Crippen molar-refractivity contribution < 1.29 is 4.92 Å². The highest BCUT2D eigenvalue weighted by atomic mass is 16.6. The number of hydrogen-bond donors (Lipinski definition) is 0. The first-order valence-electron chi connectivity index (χ1n) is 7.14. The molecule has 0 spiro atoms. The van der Waals surface area contributed by atoms with Crippen LogP contribution in [0.2, 0.25) is 0 Å². The Hall–Kier alpha value is -2.64. The second kappa shape index (κ2) is 5.63. The molecule has 0 atom stereocenters. The number of hydrogen-bond acceptors (Lipinski definition) is 6. The number of rotatable bonds is 3. The molecule has 22 heavy (non-hydrogen) atoms. The van der Waals surface area contributed by atoms with Gasteiger partial charge in [0.05, 0.1) is 4.92 Å². The summed E-state index contributed by atoms with van der Waals surface area (Å²) < 4.78 is 2.00. The lowest BCUT2D eigenvalue weighted by molar-refractivity contribution is -0.385. The van der Waals surface area contributed by atoms with Crippen molar-refractivity contribution in [1.82, 2.24) is 14.5 Å². The van der Waals surface area contributed by atoms with E-state index >= 15 is 0 Å². The summed E-state index contributed by atoms with van der Waals surface area (Å²) in [6, 6.07) is 1.79. The summed E-state index contributed by atoms with van der Waals surface area (Å²) >= 11 is 0. The summed E-state index contributed by atoms with van der Waals surface area (Å²) in [5.74, 6) is 1.76. The van der Waals surface area contributed by atoms with Gasteiger partial charge in [-0.15, -0.1) is 0 Å². The average Bonchev–Trinajstić information content (AvgIpc) is 2.93. The van der Waals surface area contributed by atoms with Crippen LogP contribution in [0.3, 0.4) is 0 Å². The van der Waals surface area contributed by atoms with Crippen LogP contribution in [-0.4, -0.2) is 45.6 Å². The Morgan fingerprint density at radius 2 is 1.86 bits per heavy atom. The minimum Gasteiger partial charge on any atom is -0.353 e. The highest BCUT2D eigenvalue weighted by Gasteiger charge is 2.22. The summed E-state index contributed by atoms with van der Waals surface area (Å²) in [6.45, 7) is 5.08. The molecule has 0 aliphatic carbocycles. The molecule has 1 fully saturated rings. The van der Waals surface area contributed by atoms with Crippen molar-refractivity contribution in [3.05, 3.63) is 40.3 Å². The fraction of sp³-hybridized carbons (Fsp3) is 0.429. The molecule has 0 N–H and O–H groups in total. The van der Waals surface area contributed by atoms with Crippen molar-refractivity contribution in [2.24, 2.45) is 7.05 Å². The van der Waals surface area contributed by atoms with Gasteiger partial charge in [0.2, 0.25) is 5.95 Å². The minimum absolute atomic E-state index is 0.0652. The molecule has 2 aromatic rings. The number of nitro groups is 1. The molecule has 0 aromatic carbocycles. The first kappa shape index (κ1) is 14.3. The lowest BCUT2D eigenvalue weighted by Gasteiger charge is -2.35. The van der Waals surface area contributed by atoms with Crippen LogP contribution in [0.25, 0.3) is 0 Å². The van der Waals surface area contributed by atoms with Crippen molar-refractivity contribution in [2.45, 2.75) is 6.92 Å². The van der Waals surface area contributed by atoms with Crippen molar-refractivity contribution in [3.63, 3.8) is 0 Å². The zero-order valence-electron chi connectivity index (χ0n) is 12.6. The molecule has 3 rings (SSSR count). The summed E-state index contributed by atoms with van der Waals surface area (Å²) in [5, 5.41) is 10.9. The van der Waals surface area contributed by atoms with E-state index in [2.05, 4.69) is 19.8 Å². The highest BCUT2D eigenvalue weighted by Crippen LogP contribution is 2.23. The van der Waals surface area contributed by atoms with E-state index in [1.165, 1.54) is 6.20 Å². The Kier molecular flexibility index (Phi) is 3.66. The predicted molar refractivity (Wildman–Crippen MR) is 83.3 cm³/mol. The molecular formula is C14H18N6O2. The van der Waals surface area contributed by atoms with E-state index in [1.54, 1.807) is 19.2 Å². The van der Waals surface area contributed by atoms with E-state index in [0.717, 1.165) is 37.9 Å². The Balaban J connectivity index is 1.70. The number of anilines is 2. The Bertz CT molecular complexity index is 690. The molecule has 0 amide bonds. The van der Waals surface area contributed by atoms with E-state index < -0.39 is 4.92 Å². The molecule has 0 bridgehead atoms. The van der Waals surface area contributed by atoms with Crippen molar-refractivity contribution in [1.29, 1.82) is 0 Å². The normalized spacial score (nSPS) is 15.2. The zero-order valence-corrected chi connectivity index (χ0v) is 12.6. The van der Waals surface area contributed by atoms with E-state index in [-0.39, 0.29) is 5.69 Å². The van der Waals surface area contributed by atoms with Crippen LogP contribution < -0.4 is 9.80 Å². The molecule has 1 aliphatic heterocycles. The smallest absolute Gasteiger partial charge is 0.290 e. The van der Waals surface area contributed by atoms with Crippen LogP contribution >= 0.6 is 0 Å². The molecule has 0 saturated carbocycles. The lowest BCUT2D eigenvalue weighted by atomic mass is 10.2. The van der Waals surface area contributed by atoms with Crippen molar-refractivity contribution in [2.75, 3.05) is 36.0 Å². The van der Waals surface area contributed by atoms with Gasteiger partial charge < -0.3 is 14.4 Å². The highest BCUT2D eigenvalue weighted by molar-refractivity contribution is 5.50. The maximum absolute atomic E-state index is 10.9. The van der Waals surface area contributed by atoms with Crippen molar-refractivity contribution >= 4 is 17.5 Å². The maximum atomic E-state index is 10.9. The third kappa shape index (κ3) is 2.59. The number of pyridine rings is 1. The summed E-state index contributed by atoms with van der Waals surface area (Å²) in [5.41, 5.74) is 0.705. The van der Waals surface area contributed by atoms with Crippen LogP contribution in [0.1, 0.15) is 5.56 Å². The second-order valence-electron chi connectivity index (χ2n) is 5.40. The molecule has 0 radical (unpaired) electrons. The van der Waals surface area contributed by atoms with Crippen LogP contribution in [0.4, 0.5) is 17.5 Å². The standard InChI is InChI=1S/C14H18N6O2/c1-11-9-13(16-10-12(11)20(21)22)18-5-7-19(8-6-18)14-15-3-4-17(14)2/h3-4,9-10H,5-8H2,1-2H3. The monoisotopic (exact) mass is 302 g/mol. The topological polar surface area (TPSA) is 80.3 Å². The predicted octanol–water partition coefficient (Wildman–Crippen LogP) is 1.36. The van der Waals surface area contributed by atoms with E-state index in [0.29, 0.717) is 5.56 Å². The third-order valence-electron chi connectivity index (χ3n) is 3.95. The zero-order chi connectivity index (χ0) is 15.7. The van der Waals surface area contributed by atoms with E-state index in [9.17, 15) is 10.1 Å². The third-order valence-corrected chi connectivity index (χ3v) is 3.95. The number of piperazine rings is 1. The fourth-order valence-corrected chi connectivity index (χ4v) is 2.70. The van der Waals surface area contributed by atoms with E-state index in [4.69, 9.17) is 0 Å². The molecule has 8 heteroatoms. The van der Waals surface area contributed by atoms with E-state index in [1.807, 2.05) is 17.8 Å².